The Morgan fingerprint density at radius 1 is 1.38 bits per heavy atom. The summed E-state index contributed by atoms with van der Waals surface area (Å²) in [5.41, 5.74) is 0.170. The molecule has 6 nitrogen and oxygen atoms in total. The smallest absolute Gasteiger partial charge is 0.407 e. The van der Waals surface area contributed by atoms with E-state index in [1.165, 1.54) is 11.3 Å². The molecule has 0 fully saturated rings. The Kier molecular flexibility index (Phi) is 6.12. The van der Waals surface area contributed by atoms with Gasteiger partial charge in [-0.2, -0.15) is 0 Å². The summed E-state index contributed by atoms with van der Waals surface area (Å²) in [6, 6.07) is 0. The maximum absolute atomic E-state index is 11.5. The van der Waals surface area contributed by atoms with Crippen molar-refractivity contribution in [2.45, 2.75) is 58.8 Å². The number of hydrogen-bond donors (Lipinski definition) is 3. The zero-order chi connectivity index (χ0) is 16.2. The lowest BCUT2D eigenvalue weighted by molar-refractivity contribution is 0.0138. The minimum absolute atomic E-state index is 0.226. The summed E-state index contributed by atoms with van der Waals surface area (Å²) in [7, 11) is 0. The fourth-order valence-corrected chi connectivity index (χ4v) is 2.76. The van der Waals surface area contributed by atoms with Crippen LogP contribution in [-0.2, 0) is 4.74 Å². The summed E-state index contributed by atoms with van der Waals surface area (Å²) in [6.07, 6.45) is -2.25. The number of thiazole rings is 1. The predicted octanol–water partition coefficient (Wildman–Crippen LogP) is 2.07. The van der Waals surface area contributed by atoms with Crippen molar-refractivity contribution in [3.63, 3.8) is 0 Å². The molecule has 2 unspecified atom stereocenters. The third kappa shape index (κ3) is 5.99. The molecule has 1 heterocycles. The van der Waals surface area contributed by atoms with Gasteiger partial charge in [0.05, 0.1) is 21.7 Å². The predicted molar refractivity (Wildman–Crippen MR) is 81.4 cm³/mol. The molecule has 0 spiro atoms. The first-order chi connectivity index (χ1) is 9.60. The van der Waals surface area contributed by atoms with E-state index in [-0.39, 0.29) is 13.0 Å². The maximum atomic E-state index is 11.5. The van der Waals surface area contributed by atoms with E-state index >= 15 is 0 Å². The van der Waals surface area contributed by atoms with Crippen molar-refractivity contribution in [1.82, 2.24) is 10.3 Å². The van der Waals surface area contributed by atoms with Crippen LogP contribution < -0.4 is 5.32 Å². The van der Waals surface area contributed by atoms with Gasteiger partial charge in [-0.25, -0.2) is 9.78 Å². The first-order valence-electron chi connectivity index (χ1n) is 6.87. The molecule has 1 rings (SSSR count). The van der Waals surface area contributed by atoms with Crippen LogP contribution in [0.5, 0.6) is 0 Å². The van der Waals surface area contributed by atoms with Crippen LogP contribution in [0.4, 0.5) is 4.79 Å². The second kappa shape index (κ2) is 7.20. The van der Waals surface area contributed by atoms with Gasteiger partial charge in [-0.3, -0.25) is 0 Å². The number of aliphatic hydroxyl groups is 2. The lowest BCUT2D eigenvalue weighted by atomic mass is 10.1. The lowest BCUT2D eigenvalue weighted by Crippen LogP contribution is -2.34. The standard InChI is InChI=1S/C14H24N2O4S/c1-8-12(21-9(2)16-8)11(18)10(17)6-7-15-13(19)20-14(3,4)5/h10-11,17-18H,6-7H2,1-5H3,(H,15,19). The minimum atomic E-state index is -0.989. The van der Waals surface area contributed by atoms with Crippen molar-refractivity contribution in [2.75, 3.05) is 6.54 Å². The summed E-state index contributed by atoms with van der Waals surface area (Å²) in [4.78, 5) is 16.3. The minimum Gasteiger partial charge on any atom is -0.444 e. The molecular weight excluding hydrogens is 292 g/mol. The van der Waals surface area contributed by atoms with Gasteiger partial charge in [0, 0.05) is 6.54 Å². The number of alkyl carbamates (subject to hydrolysis) is 1. The molecule has 0 aromatic carbocycles. The zero-order valence-corrected chi connectivity index (χ0v) is 14.0. The number of ether oxygens (including phenoxy) is 1. The van der Waals surface area contributed by atoms with Gasteiger partial charge >= 0.3 is 6.09 Å². The van der Waals surface area contributed by atoms with Gasteiger partial charge in [-0.1, -0.05) is 0 Å². The molecule has 7 heteroatoms. The number of aliphatic hydroxyl groups excluding tert-OH is 2. The highest BCUT2D eigenvalue weighted by Gasteiger charge is 2.23. The molecule has 0 aliphatic rings. The van der Waals surface area contributed by atoms with Crippen LogP contribution in [0.3, 0.4) is 0 Å². The van der Waals surface area contributed by atoms with Crippen molar-refractivity contribution in [1.29, 1.82) is 0 Å². The summed E-state index contributed by atoms with van der Waals surface area (Å²) in [5, 5.41) is 23.5. The van der Waals surface area contributed by atoms with Gasteiger partial charge in [-0.05, 0) is 41.0 Å². The first kappa shape index (κ1) is 17.9. The molecule has 0 aliphatic carbocycles. The summed E-state index contributed by atoms with van der Waals surface area (Å²) >= 11 is 1.37. The highest BCUT2D eigenvalue weighted by atomic mass is 32.1. The number of rotatable bonds is 5. The van der Waals surface area contributed by atoms with E-state index in [9.17, 15) is 15.0 Å². The van der Waals surface area contributed by atoms with Crippen LogP contribution in [0.25, 0.3) is 0 Å². The van der Waals surface area contributed by atoms with Gasteiger partial charge in [0.25, 0.3) is 0 Å². The molecule has 1 amide bonds. The summed E-state index contributed by atoms with van der Waals surface area (Å²) in [5.74, 6) is 0. The quantitative estimate of drug-likeness (QED) is 0.773. The number of hydrogen-bond acceptors (Lipinski definition) is 6. The third-order valence-electron chi connectivity index (χ3n) is 2.68. The summed E-state index contributed by atoms with van der Waals surface area (Å²) < 4.78 is 5.08. The van der Waals surface area contributed by atoms with Gasteiger partial charge < -0.3 is 20.3 Å². The number of nitrogens with zero attached hydrogens (tertiary/aromatic N) is 1. The second-order valence-electron chi connectivity index (χ2n) is 5.91. The van der Waals surface area contributed by atoms with E-state index in [0.29, 0.717) is 4.88 Å². The molecule has 120 valence electrons. The van der Waals surface area contributed by atoms with Crippen LogP contribution in [0, 0.1) is 13.8 Å². The van der Waals surface area contributed by atoms with Crippen molar-refractivity contribution in [2.24, 2.45) is 0 Å². The Morgan fingerprint density at radius 2 is 2.00 bits per heavy atom. The maximum Gasteiger partial charge on any atom is 0.407 e. The van der Waals surface area contributed by atoms with Gasteiger partial charge in [0.1, 0.15) is 11.7 Å². The molecule has 0 bridgehead atoms. The molecular formula is C14H24N2O4S. The molecule has 1 aromatic heterocycles. The second-order valence-corrected chi connectivity index (χ2v) is 7.15. The zero-order valence-electron chi connectivity index (χ0n) is 13.1. The first-order valence-corrected chi connectivity index (χ1v) is 7.68. The molecule has 0 radical (unpaired) electrons. The van der Waals surface area contributed by atoms with E-state index in [1.807, 2.05) is 6.92 Å². The highest BCUT2D eigenvalue weighted by Crippen LogP contribution is 2.27. The van der Waals surface area contributed by atoms with Crippen LogP contribution in [0.2, 0.25) is 0 Å². The fraction of sp³-hybridized carbons (Fsp3) is 0.714. The van der Waals surface area contributed by atoms with Crippen LogP contribution in [-0.4, -0.2) is 39.5 Å². The average Bonchev–Trinajstić information content (AvgIpc) is 2.65. The highest BCUT2D eigenvalue weighted by molar-refractivity contribution is 7.11. The van der Waals surface area contributed by atoms with Gasteiger partial charge in [0.15, 0.2) is 0 Å². The van der Waals surface area contributed by atoms with E-state index in [4.69, 9.17) is 4.74 Å². The molecule has 21 heavy (non-hydrogen) atoms. The van der Waals surface area contributed by atoms with Crippen molar-refractivity contribution >= 4 is 17.4 Å². The Morgan fingerprint density at radius 3 is 2.48 bits per heavy atom. The van der Waals surface area contributed by atoms with E-state index in [2.05, 4.69) is 10.3 Å². The Hall–Kier alpha value is -1.18. The van der Waals surface area contributed by atoms with Gasteiger partial charge in [0.2, 0.25) is 0 Å². The van der Waals surface area contributed by atoms with Gasteiger partial charge in [-0.15, -0.1) is 11.3 Å². The molecule has 0 saturated heterocycles. The number of carbonyl (C=O) groups excluding carboxylic acids is 1. The Labute approximate surface area is 129 Å². The van der Waals surface area contributed by atoms with Crippen LogP contribution >= 0.6 is 11.3 Å². The van der Waals surface area contributed by atoms with Crippen molar-refractivity contribution < 1.29 is 19.7 Å². The van der Waals surface area contributed by atoms with Crippen LogP contribution in [0.1, 0.15) is 48.9 Å². The van der Waals surface area contributed by atoms with Crippen molar-refractivity contribution in [3.05, 3.63) is 15.6 Å². The molecule has 0 saturated carbocycles. The topological polar surface area (TPSA) is 91.7 Å². The normalized spacial score (nSPS) is 14.6. The lowest BCUT2D eigenvalue weighted by Gasteiger charge is -2.21. The SMILES string of the molecule is Cc1nc(C)c(C(O)C(O)CCNC(=O)OC(C)(C)C)s1. The molecule has 0 aliphatic heterocycles. The number of aryl methyl sites for hydroxylation is 2. The summed E-state index contributed by atoms with van der Waals surface area (Å²) in [6.45, 7) is 9.21. The molecule has 3 N–H and O–H groups in total. The number of amides is 1. The number of carbonyl (C=O) groups is 1. The average molecular weight is 316 g/mol. The molecule has 2 atom stereocenters. The largest absolute Gasteiger partial charge is 0.444 e. The fourth-order valence-electron chi connectivity index (χ4n) is 1.79. The van der Waals surface area contributed by atoms with Crippen LogP contribution in [0.15, 0.2) is 0 Å². The van der Waals surface area contributed by atoms with E-state index in [1.54, 1.807) is 27.7 Å². The van der Waals surface area contributed by atoms with E-state index in [0.717, 1.165) is 10.7 Å². The van der Waals surface area contributed by atoms with Crippen molar-refractivity contribution in [3.8, 4) is 0 Å². The Bertz CT molecular complexity index is 482. The molecule has 1 aromatic rings. The monoisotopic (exact) mass is 316 g/mol. The number of nitrogens with one attached hydrogen (secondary N) is 1. The third-order valence-corrected chi connectivity index (χ3v) is 3.82. The van der Waals surface area contributed by atoms with E-state index < -0.39 is 23.9 Å². The number of aromatic nitrogens is 1. The Balaban J connectivity index is 2.42.